The fourth-order valence-corrected chi connectivity index (χ4v) is 2.40. The maximum atomic E-state index is 10.6. The fourth-order valence-electron chi connectivity index (χ4n) is 2.40. The van der Waals surface area contributed by atoms with Crippen LogP contribution in [-0.4, -0.2) is 24.2 Å². The molecule has 3 nitrogen and oxygen atoms in total. The van der Waals surface area contributed by atoms with Gasteiger partial charge in [-0.15, -0.1) is 0 Å². The van der Waals surface area contributed by atoms with Gasteiger partial charge in [0.1, 0.15) is 0 Å². The zero-order valence-electron chi connectivity index (χ0n) is 9.73. The van der Waals surface area contributed by atoms with Crippen LogP contribution in [-0.2, 0) is 11.2 Å². The summed E-state index contributed by atoms with van der Waals surface area (Å²) in [6, 6.07) is 6.78. The van der Waals surface area contributed by atoms with Crippen molar-refractivity contribution in [2.24, 2.45) is 0 Å². The van der Waals surface area contributed by atoms with Gasteiger partial charge in [-0.05, 0) is 31.4 Å². The minimum Gasteiger partial charge on any atom is -0.481 e. The summed E-state index contributed by atoms with van der Waals surface area (Å²) < 4.78 is 0. The van der Waals surface area contributed by atoms with Crippen molar-refractivity contribution in [2.75, 3.05) is 11.9 Å². The molecule has 1 aromatic rings. The molecule has 1 aromatic carbocycles. The normalized spacial score (nSPS) is 18.6. The monoisotopic (exact) mass is 219 g/mol. The van der Waals surface area contributed by atoms with Crippen LogP contribution >= 0.6 is 0 Å². The first-order valence-electron chi connectivity index (χ1n) is 5.62. The Balaban J connectivity index is 2.11. The van der Waals surface area contributed by atoms with E-state index < -0.39 is 5.97 Å². The molecule has 0 aliphatic carbocycles. The summed E-state index contributed by atoms with van der Waals surface area (Å²) in [6.45, 7) is 2.09. The molecule has 0 aromatic heterocycles. The molecular formula is C13H17NO2. The van der Waals surface area contributed by atoms with Crippen LogP contribution in [0.3, 0.4) is 0 Å². The molecule has 0 amide bonds. The summed E-state index contributed by atoms with van der Waals surface area (Å²) in [4.78, 5) is 12.8. The number of aryl methyl sites for hydroxylation is 1. The van der Waals surface area contributed by atoms with Crippen LogP contribution in [0.4, 0.5) is 5.69 Å². The molecule has 16 heavy (non-hydrogen) atoms. The number of carboxylic acids is 1. The van der Waals surface area contributed by atoms with Crippen LogP contribution < -0.4 is 4.90 Å². The molecule has 2 rings (SSSR count). The van der Waals surface area contributed by atoms with E-state index in [-0.39, 0.29) is 6.42 Å². The van der Waals surface area contributed by atoms with Crippen molar-refractivity contribution in [3.05, 3.63) is 29.3 Å². The molecule has 1 N–H and O–H groups in total. The molecule has 1 unspecified atom stereocenters. The maximum Gasteiger partial charge on any atom is 0.303 e. The zero-order valence-corrected chi connectivity index (χ0v) is 9.73. The Hall–Kier alpha value is -1.51. The van der Waals surface area contributed by atoms with Crippen LogP contribution in [0.1, 0.15) is 24.0 Å². The lowest BCUT2D eigenvalue weighted by Gasteiger charge is -2.21. The van der Waals surface area contributed by atoms with Crippen LogP contribution in [0.25, 0.3) is 0 Å². The molecule has 3 heteroatoms. The first-order chi connectivity index (χ1) is 7.58. The van der Waals surface area contributed by atoms with E-state index >= 15 is 0 Å². The number of hydrogen-bond acceptors (Lipinski definition) is 2. The Morgan fingerprint density at radius 3 is 3.00 bits per heavy atom. The smallest absolute Gasteiger partial charge is 0.303 e. The number of anilines is 1. The zero-order chi connectivity index (χ0) is 11.7. The Bertz CT molecular complexity index is 414. The van der Waals surface area contributed by atoms with Crippen molar-refractivity contribution in [2.45, 2.75) is 32.2 Å². The van der Waals surface area contributed by atoms with Gasteiger partial charge in [-0.2, -0.15) is 0 Å². The summed E-state index contributed by atoms with van der Waals surface area (Å²) >= 11 is 0. The minimum atomic E-state index is -0.708. The van der Waals surface area contributed by atoms with Gasteiger partial charge >= 0.3 is 5.97 Å². The Labute approximate surface area is 95.7 Å². The largest absolute Gasteiger partial charge is 0.481 e. The highest BCUT2D eigenvalue weighted by Crippen LogP contribution is 2.33. The van der Waals surface area contributed by atoms with Gasteiger partial charge in [0.2, 0.25) is 0 Å². The average molecular weight is 219 g/mol. The van der Waals surface area contributed by atoms with Gasteiger partial charge in [-0.1, -0.05) is 17.7 Å². The van der Waals surface area contributed by atoms with E-state index in [1.807, 2.05) is 7.05 Å². The highest BCUT2D eigenvalue weighted by atomic mass is 16.4. The molecule has 0 spiro atoms. The van der Waals surface area contributed by atoms with Crippen molar-refractivity contribution in [3.63, 3.8) is 0 Å². The van der Waals surface area contributed by atoms with E-state index in [2.05, 4.69) is 30.0 Å². The number of carboxylic acid groups (broad SMARTS) is 1. The SMILES string of the molecule is Cc1ccc2c(c1)CC(CCC(=O)O)N2C. The summed E-state index contributed by atoms with van der Waals surface area (Å²) in [5, 5.41) is 8.70. The van der Waals surface area contributed by atoms with Gasteiger partial charge in [0, 0.05) is 25.2 Å². The number of rotatable bonds is 3. The Kier molecular flexibility index (Phi) is 2.86. The molecule has 0 saturated heterocycles. The van der Waals surface area contributed by atoms with Crippen molar-refractivity contribution in [1.29, 1.82) is 0 Å². The van der Waals surface area contributed by atoms with Gasteiger partial charge in [0.15, 0.2) is 0 Å². The van der Waals surface area contributed by atoms with E-state index in [0.29, 0.717) is 6.04 Å². The van der Waals surface area contributed by atoms with Gasteiger partial charge < -0.3 is 10.0 Å². The number of hydrogen-bond donors (Lipinski definition) is 1. The molecule has 0 fully saturated rings. The number of likely N-dealkylation sites (N-methyl/N-ethyl adjacent to an activating group) is 1. The quantitative estimate of drug-likeness (QED) is 0.847. The van der Waals surface area contributed by atoms with E-state index in [9.17, 15) is 4.79 Å². The van der Waals surface area contributed by atoms with Crippen LogP contribution in [0.2, 0.25) is 0 Å². The summed E-state index contributed by atoms with van der Waals surface area (Å²) in [6.07, 6.45) is 1.95. The van der Waals surface area contributed by atoms with Gasteiger partial charge in [-0.25, -0.2) is 0 Å². The third-order valence-electron chi connectivity index (χ3n) is 3.31. The molecule has 0 radical (unpaired) electrons. The number of carbonyl (C=O) groups is 1. The lowest BCUT2D eigenvalue weighted by Crippen LogP contribution is -2.28. The van der Waals surface area contributed by atoms with Gasteiger partial charge in [0.05, 0.1) is 0 Å². The molecule has 1 aliphatic heterocycles. The molecule has 1 heterocycles. The molecular weight excluding hydrogens is 202 g/mol. The van der Waals surface area contributed by atoms with E-state index in [0.717, 1.165) is 12.8 Å². The van der Waals surface area contributed by atoms with Gasteiger partial charge in [-0.3, -0.25) is 4.79 Å². The minimum absolute atomic E-state index is 0.252. The summed E-state index contributed by atoms with van der Waals surface area (Å²) in [5.74, 6) is -0.708. The van der Waals surface area contributed by atoms with Crippen molar-refractivity contribution in [3.8, 4) is 0 Å². The lowest BCUT2D eigenvalue weighted by molar-refractivity contribution is -0.137. The predicted molar refractivity (Wildman–Crippen MR) is 63.9 cm³/mol. The standard InChI is InChI=1S/C13H17NO2/c1-9-3-5-12-10(7-9)8-11(14(12)2)4-6-13(15)16/h3,5,7,11H,4,6,8H2,1-2H3,(H,15,16). The van der Waals surface area contributed by atoms with Crippen LogP contribution in [0, 0.1) is 6.92 Å². The number of benzene rings is 1. The second-order valence-corrected chi connectivity index (χ2v) is 4.53. The Morgan fingerprint density at radius 1 is 1.56 bits per heavy atom. The van der Waals surface area contributed by atoms with E-state index in [1.54, 1.807) is 0 Å². The maximum absolute atomic E-state index is 10.6. The molecule has 1 aliphatic rings. The van der Waals surface area contributed by atoms with Crippen molar-refractivity contribution >= 4 is 11.7 Å². The summed E-state index contributed by atoms with van der Waals surface area (Å²) in [7, 11) is 2.05. The van der Waals surface area contributed by atoms with E-state index in [1.165, 1.54) is 16.8 Å². The highest BCUT2D eigenvalue weighted by Gasteiger charge is 2.26. The van der Waals surface area contributed by atoms with Gasteiger partial charge in [0.25, 0.3) is 0 Å². The molecule has 86 valence electrons. The molecule has 1 atom stereocenters. The predicted octanol–water partition coefficient (Wildman–Crippen LogP) is 2.22. The average Bonchev–Trinajstić information content (AvgIpc) is 2.52. The van der Waals surface area contributed by atoms with Crippen LogP contribution in [0.15, 0.2) is 18.2 Å². The topological polar surface area (TPSA) is 40.5 Å². The number of fused-ring (bicyclic) bond motifs is 1. The molecule has 0 saturated carbocycles. The second kappa shape index (κ2) is 4.16. The Morgan fingerprint density at radius 2 is 2.31 bits per heavy atom. The third kappa shape index (κ3) is 2.03. The van der Waals surface area contributed by atoms with Crippen LogP contribution in [0.5, 0.6) is 0 Å². The first-order valence-corrected chi connectivity index (χ1v) is 5.62. The second-order valence-electron chi connectivity index (χ2n) is 4.53. The third-order valence-corrected chi connectivity index (χ3v) is 3.31. The first kappa shape index (κ1) is 11.0. The summed E-state index contributed by atoms with van der Waals surface area (Å²) in [5.41, 5.74) is 3.87. The van der Waals surface area contributed by atoms with Crippen molar-refractivity contribution in [1.82, 2.24) is 0 Å². The highest BCUT2D eigenvalue weighted by molar-refractivity contribution is 5.67. The fraction of sp³-hybridized carbons (Fsp3) is 0.462. The van der Waals surface area contributed by atoms with Crippen molar-refractivity contribution < 1.29 is 9.90 Å². The van der Waals surface area contributed by atoms with E-state index in [4.69, 9.17) is 5.11 Å². The lowest BCUT2D eigenvalue weighted by atomic mass is 10.0. The molecule has 0 bridgehead atoms. The number of aliphatic carboxylic acids is 1. The number of nitrogens with zero attached hydrogens (tertiary/aromatic N) is 1.